The van der Waals surface area contributed by atoms with Crippen LogP contribution in [0, 0.1) is 13.8 Å². The van der Waals surface area contributed by atoms with Crippen LogP contribution < -0.4 is 9.62 Å². The van der Waals surface area contributed by atoms with E-state index < -0.39 is 21.6 Å². The molecule has 0 spiro atoms. The van der Waals surface area contributed by atoms with Gasteiger partial charge in [0.1, 0.15) is 6.04 Å². The van der Waals surface area contributed by atoms with Crippen molar-refractivity contribution < 1.29 is 13.2 Å². The van der Waals surface area contributed by atoms with Crippen molar-refractivity contribution in [2.45, 2.75) is 59.0 Å². The second-order valence-electron chi connectivity index (χ2n) is 8.36. The number of rotatable bonds is 8. The second-order valence-corrected chi connectivity index (χ2v) is 10.2. The fourth-order valence-electron chi connectivity index (χ4n) is 3.71. The highest BCUT2D eigenvalue weighted by atomic mass is 32.2. The van der Waals surface area contributed by atoms with Crippen LogP contribution >= 0.6 is 0 Å². The summed E-state index contributed by atoms with van der Waals surface area (Å²) in [4.78, 5) is 13.2. The first kappa shape index (κ1) is 22.9. The van der Waals surface area contributed by atoms with E-state index in [0.29, 0.717) is 18.5 Å². The highest BCUT2D eigenvalue weighted by Crippen LogP contribution is 2.26. The molecule has 0 aliphatic rings. The standard InChI is InChI=1S/C23H32N2O3S/c1-7-21(22(26)24-23(4,5)16-19-11-9-8-10-12-19)25(29(6,27)28)20-14-17(2)13-18(3)15-20/h8-15,21H,7,16H2,1-6H3,(H,24,26)/t21-/m0/s1. The number of anilines is 1. The quantitative estimate of drug-likeness (QED) is 0.708. The lowest BCUT2D eigenvalue weighted by Crippen LogP contribution is -2.55. The molecule has 5 nitrogen and oxygen atoms in total. The van der Waals surface area contributed by atoms with Gasteiger partial charge < -0.3 is 5.32 Å². The summed E-state index contributed by atoms with van der Waals surface area (Å²) >= 11 is 0. The third-order valence-electron chi connectivity index (χ3n) is 4.74. The minimum atomic E-state index is -3.65. The molecule has 0 heterocycles. The predicted octanol–water partition coefficient (Wildman–Crippen LogP) is 3.99. The molecular weight excluding hydrogens is 384 g/mol. The molecule has 0 unspecified atom stereocenters. The van der Waals surface area contributed by atoms with Gasteiger partial charge in [-0.15, -0.1) is 0 Å². The molecular formula is C23H32N2O3S. The molecule has 158 valence electrons. The van der Waals surface area contributed by atoms with Gasteiger partial charge in [-0.2, -0.15) is 0 Å². The Morgan fingerprint density at radius 1 is 1.07 bits per heavy atom. The van der Waals surface area contributed by atoms with Gasteiger partial charge in [0.15, 0.2) is 0 Å². The molecule has 2 rings (SSSR count). The Hall–Kier alpha value is -2.34. The molecule has 1 atom stereocenters. The van der Waals surface area contributed by atoms with E-state index in [-0.39, 0.29) is 5.91 Å². The summed E-state index contributed by atoms with van der Waals surface area (Å²) in [6, 6.07) is 14.7. The highest BCUT2D eigenvalue weighted by Gasteiger charge is 2.34. The summed E-state index contributed by atoms with van der Waals surface area (Å²) in [5, 5.41) is 3.06. The molecule has 0 aromatic heterocycles. The van der Waals surface area contributed by atoms with Crippen LogP contribution in [0.25, 0.3) is 0 Å². The lowest BCUT2D eigenvalue weighted by Gasteiger charge is -2.34. The van der Waals surface area contributed by atoms with Crippen molar-refractivity contribution in [3.05, 3.63) is 65.2 Å². The highest BCUT2D eigenvalue weighted by molar-refractivity contribution is 7.92. The number of carbonyl (C=O) groups excluding carboxylic acids is 1. The molecule has 0 saturated heterocycles. The predicted molar refractivity (Wildman–Crippen MR) is 120 cm³/mol. The lowest BCUT2D eigenvalue weighted by molar-refractivity contribution is -0.123. The Bertz CT molecular complexity index is 933. The lowest BCUT2D eigenvalue weighted by atomic mass is 9.94. The zero-order valence-electron chi connectivity index (χ0n) is 18.2. The zero-order chi connectivity index (χ0) is 21.8. The van der Waals surface area contributed by atoms with Gasteiger partial charge in [0.2, 0.25) is 15.9 Å². The van der Waals surface area contributed by atoms with Crippen LogP contribution in [-0.4, -0.2) is 32.2 Å². The largest absolute Gasteiger partial charge is 0.349 e. The van der Waals surface area contributed by atoms with Gasteiger partial charge in [-0.05, 0) is 69.4 Å². The van der Waals surface area contributed by atoms with E-state index >= 15 is 0 Å². The van der Waals surface area contributed by atoms with Gasteiger partial charge in [-0.1, -0.05) is 43.3 Å². The first-order chi connectivity index (χ1) is 13.4. The summed E-state index contributed by atoms with van der Waals surface area (Å²) < 4.78 is 26.6. The first-order valence-electron chi connectivity index (χ1n) is 9.86. The number of carbonyl (C=O) groups is 1. The Morgan fingerprint density at radius 2 is 1.62 bits per heavy atom. The van der Waals surface area contributed by atoms with Crippen LogP contribution in [0.15, 0.2) is 48.5 Å². The second kappa shape index (κ2) is 8.99. The summed E-state index contributed by atoms with van der Waals surface area (Å²) in [5.74, 6) is -0.294. The number of hydrogen-bond donors (Lipinski definition) is 1. The van der Waals surface area contributed by atoms with E-state index in [1.165, 1.54) is 4.31 Å². The normalized spacial score (nSPS) is 13.0. The van der Waals surface area contributed by atoms with Gasteiger partial charge in [0.05, 0.1) is 11.9 Å². The fourth-order valence-corrected chi connectivity index (χ4v) is 4.90. The van der Waals surface area contributed by atoms with E-state index in [1.807, 2.05) is 71.0 Å². The van der Waals surface area contributed by atoms with E-state index in [9.17, 15) is 13.2 Å². The molecule has 0 radical (unpaired) electrons. The van der Waals surface area contributed by atoms with Crippen LogP contribution in [0.1, 0.15) is 43.9 Å². The van der Waals surface area contributed by atoms with Gasteiger partial charge in [-0.3, -0.25) is 9.10 Å². The number of amides is 1. The van der Waals surface area contributed by atoms with Crippen molar-refractivity contribution in [3.8, 4) is 0 Å². The molecule has 29 heavy (non-hydrogen) atoms. The number of nitrogens with zero attached hydrogens (tertiary/aromatic N) is 1. The maximum Gasteiger partial charge on any atom is 0.244 e. The van der Waals surface area contributed by atoms with Crippen molar-refractivity contribution in [1.29, 1.82) is 0 Å². The molecule has 0 saturated carbocycles. The average molecular weight is 417 g/mol. The van der Waals surface area contributed by atoms with Crippen LogP contribution in [0.2, 0.25) is 0 Å². The molecule has 0 aliphatic carbocycles. The SMILES string of the molecule is CC[C@@H](C(=O)NC(C)(C)Cc1ccccc1)N(c1cc(C)cc(C)c1)S(C)(=O)=O. The number of hydrogen-bond acceptors (Lipinski definition) is 3. The first-order valence-corrected chi connectivity index (χ1v) is 11.7. The molecule has 0 fully saturated rings. The maximum atomic E-state index is 13.2. The summed E-state index contributed by atoms with van der Waals surface area (Å²) in [5.41, 5.74) is 3.02. The van der Waals surface area contributed by atoms with Crippen LogP contribution in [0.4, 0.5) is 5.69 Å². The van der Waals surface area contributed by atoms with Crippen LogP contribution in [0.5, 0.6) is 0 Å². The average Bonchev–Trinajstić information content (AvgIpc) is 2.57. The molecule has 0 bridgehead atoms. The monoisotopic (exact) mass is 416 g/mol. The van der Waals surface area contributed by atoms with Crippen LogP contribution in [0.3, 0.4) is 0 Å². The van der Waals surface area contributed by atoms with Gasteiger partial charge >= 0.3 is 0 Å². The minimum Gasteiger partial charge on any atom is -0.349 e. The Kier molecular flexibility index (Phi) is 7.11. The van der Waals surface area contributed by atoms with Crippen molar-refractivity contribution in [2.24, 2.45) is 0 Å². The summed E-state index contributed by atoms with van der Waals surface area (Å²) in [6.45, 7) is 9.57. The van der Waals surface area contributed by atoms with Crippen LogP contribution in [-0.2, 0) is 21.2 Å². The Morgan fingerprint density at radius 3 is 2.10 bits per heavy atom. The maximum absolute atomic E-state index is 13.2. The van der Waals surface area contributed by atoms with Crippen molar-refractivity contribution >= 4 is 21.6 Å². The summed E-state index contributed by atoms with van der Waals surface area (Å²) in [6.07, 6.45) is 2.17. The Balaban J connectivity index is 2.33. The number of sulfonamides is 1. The smallest absolute Gasteiger partial charge is 0.244 e. The van der Waals surface area contributed by atoms with E-state index in [2.05, 4.69) is 5.32 Å². The summed E-state index contributed by atoms with van der Waals surface area (Å²) in [7, 11) is -3.65. The van der Waals surface area contributed by atoms with Crippen molar-refractivity contribution in [1.82, 2.24) is 5.32 Å². The van der Waals surface area contributed by atoms with E-state index in [0.717, 1.165) is 22.9 Å². The fraction of sp³-hybridized carbons (Fsp3) is 0.435. The van der Waals surface area contributed by atoms with Gasteiger partial charge in [0, 0.05) is 5.54 Å². The molecule has 0 aliphatic heterocycles. The third kappa shape index (κ3) is 6.32. The van der Waals surface area contributed by atoms with Crippen molar-refractivity contribution in [3.63, 3.8) is 0 Å². The molecule has 1 amide bonds. The molecule has 1 N–H and O–H groups in total. The number of nitrogens with one attached hydrogen (secondary N) is 1. The van der Waals surface area contributed by atoms with Crippen molar-refractivity contribution in [2.75, 3.05) is 10.6 Å². The zero-order valence-corrected chi connectivity index (χ0v) is 19.0. The molecule has 6 heteroatoms. The number of benzene rings is 2. The van der Waals surface area contributed by atoms with E-state index in [1.54, 1.807) is 12.1 Å². The molecule has 2 aromatic rings. The third-order valence-corrected chi connectivity index (χ3v) is 5.92. The van der Waals surface area contributed by atoms with E-state index in [4.69, 9.17) is 0 Å². The Labute approximate surface area is 175 Å². The number of aryl methyl sites for hydroxylation is 2. The van der Waals surface area contributed by atoms with Gasteiger partial charge in [-0.25, -0.2) is 8.42 Å². The molecule has 2 aromatic carbocycles. The van der Waals surface area contributed by atoms with Gasteiger partial charge in [0.25, 0.3) is 0 Å². The minimum absolute atomic E-state index is 0.294. The topological polar surface area (TPSA) is 66.5 Å².